The Labute approximate surface area is 144 Å². The molecule has 0 saturated heterocycles. The molecule has 25 heavy (non-hydrogen) atoms. The molecule has 7 heteroatoms. The third-order valence-corrected chi connectivity index (χ3v) is 3.55. The number of anilines is 2. The molecular weight excluding hydrogens is 316 g/mol. The molecule has 7 nitrogen and oxygen atoms in total. The Kier molecular flexibility index (Phi) is 4.38. The normalized spacial score (nSPS) is 10.2. The second-order valence-corrected chi connectivity index (χ2v) is 5.43. The van der Waals surface area contributed by atoms with Gasteiger partial charge in [-0.25, -0.2) is 0 Å². The molecule has 8 N–H and O–H groups in total. The average Bonchev–Trinajstić information content (AvgIpc) is 3.05. The minimum atomic E-state index is -0.101. The number of rotatable bonds is 4. The third-order valence-electron chi connectivity index (χ3n) is 3.55. The van der Waals surface area contributed by atoms with Crippen molar-refractivity contribution < 1.29 is 4.42 Å². The van der Waals surface area contributed by atoms with E-state index in [4.69, 9.17) is 26.7 Å². The molecule has 126 valence electrons. The first-order valence-electron chi connectivity index (χ1n) is 7.53. The second kappa shape index (κ2) is 6.79. The van der Waals surface area contributed by atoms with E-state index >= 15 is 0 Å². The van der Waals surface area contributed by atoms with Gasteiger partial charge in [-0.05, 0) is 48.0 Å². The number of guanidine groups is 2. The number of benzene rings is 2. The number of nitrogens with one attached hydrogen (secondary N) is 4. The van der Waals surface area contributed by atoms with Crippen LogP contribution >= 0.6 is 0 Å². The molecule has 0 saturated carbocycles. The number of hydrogen-bond acceptors (Lipinski definition) is 3. The Bertz CT molecular complexity index is 822. The highest BCUT2D eigenvalue weighted by Gasteiger charge is 2.07. The first-order valence-corrected chi connectivity index (χ1v) is 7.53. The van der Waals surface area contributed by atoms with E-state index in [-0.39, 0.29) is 11.9 Å². The lowest BCUT2D eigenvalue weighted by atomic mass is 10.1. The highest BCUT2D eigenvalue weighted by molar-refractivity contribution is 5.90. The predicted molar refractivity (Wildman–Crippen MR) is 101 cm³/mol. The molecule has 0 amide bonds. The summed E-state index contributed by atoms with van der Waals surface area (Å²) in [6.07, 6.45) is 1.70. The van der Waals surface area contributed by atoms with Gasteiger partial charge in [0.05, 0.1) is 6.26 Å². The summed E-state index contributed by atoms with van der Waals surface area (Å²) >= 11 is 0. The van der Waals surface area contributed by atoms with E-state index in [9.17, 15) is 0 Å². The molecule has 0 radical (unpaired) electrons. The van der Waals surface area contributed by atoms with Gasteiger partial charge < -0.3 is 26.5 Å². The lowest BCUT2D eigenvalue weighted by Gasteiger charge is -2.04. The lowest BCUT2D eigenvalue weighted by molar-refractivity contribution is 0.583. The van der Waals surface area contributed by atoms with Crippen molar-refractivity contribution >= 4 is 23.3 Å². The standard InChI is InChI=1S/C18H18N6O/c19-17(20)23-14-5-1-11(2-6-14)13-9-16(25-10-13)12-3-7-15(8-4-12)24-18(21)22/h1-10H,(H4,19,20,23)(H4,21,22,24). The van der Waals surface area contributed by atoms with Gasteiger partial charge in [-0.2, -0.15) is 0 Å². The zero-order valence-electron chi connectivity index (χ0n) is 13.3. The summed E-state index contributed by atoms with van der Waals surface area (Å²) in [4.78, 5) is 0. The van der Waals surface area contributed by atoms with Crippen LogP contribution in [0.4, 0.5) is 11.4 Å². The molecule has 3 rings (SSSR count). The summed E-state index contributed by atoms with van der Waals surface area (Å²) in [5, 5.41) is 19.9. The summed E-state index contributed by atoms with van der Waals surface area (Å²) in [7, 11) is 0. The summed E-state index contributed by atoms with van der Waals surface area (Å²) in [5.41, 5.74) is 15.0. The average molecular weight is 334 g/mol. The molecular formula is C18H18N6O. The van der Waals surface area contributed by atoms with Crippen molar-refractivity contribution in [2.24, 2.45) is 11.5 Å². The first-order chi connectivity index (χ1) is 12.0. The Morgan fingerprint density at radius 2 is 1.20 bits per heavy atom. The lowest BCUT2D eigenvalue weighted by Crippen LogP contribution is -2.20. The van der Waals surface area contributed by atoms with Gasteiger partial charge in [0.25, 0.3) is 0 Å². The van der Waals surface area contributed by atoms with Crippen LogP contribution in [0.5, 0.6) is 0 Å². The van der Waals surface area contributed by atoms with Crippen molar-refractivity contribution in [3.63, 3.8) is 0 Å². The Balaban J connectivity index is 1.77. The second-order valence-electron chi connectivity index (χ2n) is 5.43. The van der Waals surface area contributed by atoms with Gasteiger partial charge in [0.1, 0.15) is 5.76 Å². The van der Waals surface area contributed by atoms with E-state index in [0.29, 0.717) is 0 Å². The molecule has 0 aliphatic rings. The Morgan fingerprint density at radius 1 is 0.720 bits per heavy atom. The van der Waals surface area contributed by atoms with Crippen molar-refractivity contribution in [2.45, 2.75) is 0 Å². The van der Waals surface area contributed by atoms with E-state index in [1.54, 1.807) is 6.26 Å². The molecule has 0 unspecified atom stereocenters. The number of nitrogens with two attached hydrogens (primary N) is 2. The van der Waals surface area contributed by atoms with E-state index in [2.05, 4.69) is 10.6 Å². The molecule has 0 bridgehead atoms. The topological polar surface area (TPSA) is 137 Å². The maximum Gasteiger partial charge on any atom is 0.190 e. The first kappa shape index (κ1) is 16.1. The maximum absolute atomic E-state index is 7.23. The summed E-state index contributed by atoms with van der Waals surface area (Å²) in [5.74, 6) is 0.548. The van der Waals surface area contributed by atoms with Gasteiger partial charge >= 0.3 is 0 Å². The van der Waals surface area contributed by atoms with Crippen LogP contribution < -0.4 is 22.1 Å². The smallest absolute Gasteiger partial charge is 0.190 e. The molecule has 3 aromatic rings. The van der Waals surface area contributed by atoms with Gasteiger partial charge in [0, 0.05) is 22.5 Å². The minimum absolute atomic E-state index is 0.0962. The van der Waals surface area contributed by atoms with Crippen LogP contribution in [-0.2, 0) is 0 Å². The van der Waals surface area contributed by atoms with Gasteiger partial charge in [-0.3, -0.25) is 10.8 Å². The van der Waals surface area contributed by atoms with Crippen molar-refractivity contribution in [2.75, 3.05) is 10.6 Å². The molecule has 0 aliphatic heterocycles. The third kappa shape index (κ3) is 3.97. The van der Waals surface area contributed by atoms with Crippen LogP contribution in [0.2, 0.25) is 0 Å². The van der Waals surface area contributed by atoms with E-state index in [1.807, 2.05) is 54.6 Å². The fraction of sp³-hybridized carbons (Fsp3) is 0. The zero-order chi connectivity index (χ0) is 17.8. The number of hydrogen-bond donors (Lipinski definition) is 6. The quantitative estimate of drug-likeness (QED) is 0.321. The maximum atomic E-state index is 7.23. The van der Waals surface area contributed by atoms with Crippen LogP contribution in [0, 0.1) is 10.8 Å². The highest BCUT2D eigenvalue weighted by Crippen LogP contribution is 2.29. The molecule has 2 aromatic carbocycles. The largest absolute Gasteiger partial charge is 0.464 e. The van der Waals surface area contributed by atoms with Gasteiger partial charge in [-0.1, -0.05) is 12.1 Å². The summed E-state index contributed by atoms with van der Waals surface area (Å²) in [6.45, 7) is 0. The van der Waals surface area contributed by atoms with E-state index in [1.165, 1.54) is 0 Å². The fourth-order valence-electron chi connectivity index (χ4n) is 2.41. The van der Waals surface area contributed by atoms with E-state index < -0.39 is 0 Å². The monoisotopic (exact) mass is 334 g/mol. The van der Waals surface area contributed by atoms with Crippen molar-refractivity contribution in [3.8, 4) is 22.5 Å². The van der Waals surface area contributed by atoms with Gasteiger partial charge in [-0.15, -0.1) is 0 Å². The Hall–Kier alpha value is -3.74. The van der Waals surface area contributed by atoms with Gasteiger partial charge in [0.2, 0.25) is 0 Å². The summed E-state index contributed by atoms with van der Waals surface area (Å²) in [6, 6.07) is 17.0. The molecule has 1 heterocycles. The minimum Gasteiger partial charge on any atom is -0.464 e. The fourth-order valence-corrected chi connectivity index (χ4v) is 2.41. The Morgan fingerprint density at radius 3 is 1.68 bits per heavy atom. The van der Waals surface area contributed by atoms with Crippen molar-refractivity contribution in [3.05, 3.63) is 60.9 Å². The highest BCUT2D eigenvalue weighted by atomic mass is 16.3. The van der Waals surface area contributed by atoms with Crippen molar-refractivity contribution in [1.82, 2.24) is 0 Å². The van der Waals surface area contributed by atoms with Crippen molar-refractivity contribution in [1.29, 1.82) is 10.8 Å². The molecule has 1 aromatic heterocycles. The summed E-state index contributed by atoms with van der Waals surface area (Å²) < 4.78 is 5.66. The zero-order valence-corrected chi connectivity index (χ0v) is 13.3. The van der Waals surface area contributed by atoms with Crippen LogP contribution in [-0.4, -0.2) is 11.9 Å². The predicted octanol–water partition coefficient (Wildman–Crippen LogP) is 3.22. The van der Waals surface area contributed by atoms with Crippen LogP contribution in [0.3, 0.4) is 0 Å². The molecule has 0 aliphatic carbocycles. The van der Waals surface area contributed by atoms with Crippen LogP contribution in [0.1, 0.15) is 0 Å². The van der Waals surface area contributed by atoms with E-state index in [0.717, 1.165) is 33.8 Å². The molecule has 0 spiro atoms. The SMILES string of the molecule is N=C(N)Nc1ccc(-c2coc(-c3ccc(NC(=N)N)cc3)c2)cc1. The van der Waals surface area contributed by atoms with Crippen LogP contribution in [0.25, 0.3) is 22.5 Å². The molecule has 0 fully saturated rings. The van der Waals surface area contributed by atoms with Gasteiger partial charge in [0.15, 0.2) is 11.9 Å². The number of furan rings is 1. The van der Waals surface area contributed by atoms with Crippen LogP contribution in [0.15, 0.2) is 65.3 Å². The molecule has 0 atom stereocenters.